The number of hydrogen-bond donors (Lipinski definition) is 1. The third-order valence-corrected chi connectivity index (χ3v) is 3.47. The maximum atomic E-state index is 11.2. The monoisotopic (exact) mass is 305 g/mol. The van der Waals surface area contributed by atoms with Crippen LogP contribution >= 0.6 is 11.6 Å². The highest BCUT2D eigenvalue weighted by Gasteiger charge is 2.18. The van der Waals surface area contributed by atoms with E-state index in [0.29, 0.717) is 11.5 Å². The quantitative estimate of drug-likeness (QED) is 0.800. The number of aromatic carboxylic acids is 1. The predicted octanol–water partition coefficient (Wildman–Crippen LogP) is 2.04. The summed E-state index contributed by atoms with van der Waals surface area (Å²) in [5, 5.41) is 21.9. The summed E-state index contributed by atoms with van der Waals surface area (Å²) < 4.78 is 3.28. The van der Waals surface area contributed by atoms with Crippen molar-refractivity contribution >= 4 is 23.2 Å². The molecular weight excluding hydrogens is 294 g/mol. The van der Waals surface area contributed by atoms with Crippen LogP contribution < -0.4 is 0 Å². The maximum absolute atomic E-state index is 11.2. The van der Waals surface area contributed by atoms with Crippen LogP contribution in [0.25, 0.3) is 17.0 Å². The van der Waals surface area contributed by atoms with Crippen molar-refractivity contribution in [2.45, 2.75) is 13.3 Å². The molecular formula is C13H12ClN5O2. The Morgan fingerprint density at radius 1 is 1.38 bits per heavy atom. The zero-order valence-corrected chi connectivity index (χ0v) is 12.2. The summed E-state index contributed by atoms with van der Waals surface area (Å²) in [7, 11) is 1.82. The second-order valence-corrected chi connectivity index (χ2v) is 5.02. The highest BCUT2D eigenvalue weighted by molar-refractivity contribution is 6.33. The van der Waals surface area contributed by atoms with E-state index >= 15 is 0 Å². The number of carbonyl (C=O) groups is 1. The fourth-order valence-electron chi connectivity index (χ4n) is 2.24. The fraction of sp³-hybridized carbons (Fsp3) is 0.231. The minimum absolute atomic E-state index is 0.0792. The van der Waals surface area contributed by atoms with Crippen molar-refractivity contribution in [1.29, 1.82) is 0 Å². The first-order valence-corrected chi connectivity index (χ1v) is 6.69. The molecule has 0 saturated carbocycles. The van der Waals surface area contributed by atoms with Gasteiger partial charge in [0.25, 0.3) is 0 Å². The number of aryl methyl sites for hydroxylation is 2. The van der Waals surface area contributed by atoms with E-state index in [1.54, 1.807) is 9.08 Å². The molecule has 108 valence electrons. The number of aromatic nitrogens is 5. The molecule has 3 aromatic heterocycles. The Morgan fingerprint density at radius 3 is 2.81 bits per heavy atom. The third-order valence-electron chi connectivity index (χ3n) is 3.19. The number of fused-ring (bicyclic) bond motifs is 1. The summed E-state index contributed by atoms with van der Waals surface area (Å²) in [5.41, 5.74) is 2.17. The lowest BCUT2D eigenvalue weighted by atomic mass is 10.2. The largest absolute Gasteiger partial charge is 0.478 e. The van der Waals surface area contributed by atoms with Gasteiger partial charge in [-0.2, -0.15) is 5.10 Å². The molecule has 21 heavy (non-hydrogen) atoms. The summed E-state index contributed by atoms with van der Waals surface area (Å²) in [6.45, 7) is 1.99. The fourth-order valence-corrected chi connectivity index (χ4v) is 2.48. The van der Waals surface area contributed by atoms with Crippen LogP contribution in [0.2, 0.25) is 5.02 Å². The third kappa shape index (κ3) is 2.15. The molecule has 0 aromatic carbocycles. The van der Waals surface area contributed by atoms with E-state index in [1.165, 1.54) is 12.3 Å². The molecule has 3 heterocycles. The average Bonchev–Trinajstić information content (AvgIpc) is 3.01. The van der Waals surface area contributed by atoms with Crippen LogP contribution in [0.1, 0.15) is 23.0 Å². The first-order valence-electron chi connectivity index (χ1n) is 6.31. The lowest BCUT2D eigenvalue weighted by Crippen LogP contribution is -2.00. The van der Waals surface area contributed by atoms with Crippen LogP contribution in [0.3, 0.4) is 0 Å². The number of hydrogen-bond acceptors (Lipinski definition) is 4. The molecule has 8 heteroatoms. The molecule has 1 N–H and O–H groups in total. The van der Waals surface area contributed by atoms with Gasteiger partial charge in [-0.1, -0.05) is 18.5 Å². The average molecular weight is 306 g/mol. The van der Waals surface area contributed by atoms with Crippen LogP contribution in [0.5, 0.6) is 0 Å². The van der Waals surface area contributed by atoms with E-state index in [2.05, 4.69) is 15.3 Å². The number of halogens is 1. The lowest BCUT2D eigenvalue weighted by Gasteiger charge is -2.02. The molecule has 0 aliphatic carbocycles. The molecule has 3 rings (SSSR count). The molecule has 0 bridgehead atoms. The molecule has 0 unspecified atom stereocenters. The normalized spacial score (nSPS) is 11.2. The minimum atomic E-state index is -1.06. The Kier molecular flexibility index (Phi) is 3.13. The van der Waals surface area contributed by atoms with Crippen molar-refractivity contribution in [3.8, 4) is 11.4 Å². The maximum Gasteiger partial charge on any atom is 0.337 e. The Hall–Kier alpha value is -2.41. The van der Waals surface area contributed by atoms with Crippen molar-refractivity contribution in [2.24, 2.45) is 7.05 Å². The van der Waals surface area contributed by atoms with E-state index in [1.807, 2.05) is 20.2 Å². The first kappa shape index (κ1) is 13.6. The van der Waals surface area contributed by atoms with Gasteiger partial charge in [-0.15, -0.1) is 10.2 Å². The second kappa shape index (κ2) is 4.85. The SMILES string of the molecule is CCc1nn(C)cc1-c1nnc2c(Cl)cc(C(=O)O)cn12. The zero-order valence-electron chi connectivity index (χ0n) is 11.4. The van der Waals surface area contributed by atoms with E-state index in [0.717, 1.165) is 17.7 Å². The lowest BCUT2D eigenvalue weighted by molar-refractivity contribution is 0.0696. The standard InChI is InChI=1S/C13H12ClN5O2/c1-3-10-8(6-18(2)17-10)11-15-16-12-9(14)4-7(13(20)21)5-19(11)12/h4-6H,3H2,1-2H3,(H,20,21). The number of carboxylic acid groups (broad SMARTS) is 1. The first-order chi connectivity index (χ1) is 10.0. The van der Waals surface area contributed by atoms with Crippen molar-refractivity contribution < 1.29 is 9.90 Å². The summed E-state index contributed by atoms with van der Waals surface area (Å²) in [6.07, 6.45) is 4.03. The van der Waals surface area contributed by atoms with Gasteiger partial charge in [0.05, 0.1) is 21.8 Å². The van der Waals surface area contributed by atoms with E-state index in [9.17, 15) is 4.79 Å². The topological polar surface area (TPSA) is 85.3 Å². The van der Waals surface area contributed by atoms with E-state index < -0.39 is 5.97 Å². The van der Waals surface area contributed by atoms with Crippen molar-refractivity contribution in [3.05, 3.63) is 34.7 Å². The number of nitrogens with zero attached hydrogens (tertiary/aromatic N) is 5. The van der Waals surface area contributed by atoms with Gasteiger partial charge in [0.15, 0.2) is 11.5 Å². The summed E-state index contributed by atoms with van der Waals surface area (Å²) >= 11 is 6.08. The van der Waals surface area contributed by atoms with Gasteiger partial charge < -0.3 is 5.11 Å². The Bertz CT molecular complexity index is 852. The van der Waals surface area contributed by atoms with Crippen LogP contribution in [-0.2, 0) is 13.5 Å². The van der Waals surface area contributed by atoms with Gasteiger partial charge in [0.2, 0.25) is 0 Å². The van der Waals surface area contributed by atoms with Crippen LogP contribution in [0.15, 0.2) is 18.5 Å². The highest BCUT2D eigenvalue weighted by atomic mass is 35.5. The zero-order chi connectivity index (χ0) is 15.1. The highest BCUT2D eigenvalue weighted by Crippen LogP contribution is 2.26. The molecule has 0 aliphatic heterocycles. The molecule has 7 nitrogen and oxygen atoms in total. The Labute approximate surface area is 124 Å². The molecule has 0 amide bonds. The predicted molar refractivity (Wildman–Crippen MR) is 76.5 cm³/mol. The summed E-state index contributed by atoms with van der Waals surface area (Å²) in [6, 6.07) is 1.36. The number of rotatable bonds is 3. The molecule has 0 radical (unpaired) electrons. The van der Waals surface area contributed by atoms with Crippen LogP contribution in [0, 0.1) is 0 Å². The summed E-state index contributed by atoms with van der Waals surface area (Å²) in [4.78, 5) is 11.2. The van der Waals surface area contributed by atoms with Gasteiger partial charge in [-0.05, 0) is 12.5 Å². The molecule has 0 atom stereocenters. The van der Waals surface area contributed by atoms with Crippen molar-refractivity contribution in [3.63, 3.8) is 0 Å². The molecule has 0 aliphatic rings. The number of carboxylic acids is 1. The van der Waals surface area contributed by atoms with Crippen molar-refractivity contribution in [1.82, 2.24) is 24.4 Å². The minimum Gasteiger partial charge on any atom is -0.478 e. The molecule has 3 aromatic rings. The molecule has 0 fully saturated rings. The smallest absolute Gasteiger partial charge is 0.337 e. The molecule has 0 saturated heterocycles. The van der Waals surface area contributed by atoms with Gasteiger partial charge in [0.1, 0.15) is 0 Å². The van der Waals surface area contributed by atoms with Crippen molar-refractivity contribution in [2.75, 3.05) is 0 Å². The Balaban J connectivity index is 2.30. The Morgan fingerprint density at radius 2 is 2.14 bits per heavy atom. The van der Waals surface area contributed by atoms with Gasteiger partial charge >= 0.3 is 5.97 Å². The summed E-state index contributed by atoms with van der Waals surface area (Å²) in [5.74, 6) is -0.527. The molecule has 0 spiro atoms. The van der Waals surface area contributed by atoms with Crippen LogP contribution in [0.4, 0.5) is 0 Å². The van der Waals surface area contributed by atoms with Gasteiger partial charge in [0, 0.05) is 19.4 Å². The van der Waals surface area contributed by atoms with Gasteiger partial charge in [-0.3, -0.25) is 9.08 Å². The van der Waals surface area contributed by atoms with Crippen LogP contribution in [-0.4, -0.2) is 35.5 Å². The van der Waals surface area contributed by atoms with Gasteiger partial charge in [-0.25, -0.2) is 4.79 Å². The van der Waals surface area contributed by atoms with E-state index in [-0.39, 0.29) is 10.6 Å². The second-order valence-electron chi connectivity index (χ2n) is 4.62. The van der Waals surface area contributed by atoms with E-state index in [4.69, 9.17) is 16.7 Å². The number of pyridine rings is 1.